The monoisotopic (exact) mass is 255 g/mol. The van der Waals surface area contributed by atoms with E-state index in [0.717, 1.165) is 6.07 Å². The molecule has 1 rings (SSSR count). The number of aromatic amines is 1. The first-order valence-corrected chi connectivity index (χ1v) is 4.44. The van der Waals surface area contributed by atoms with Gasteiger partial charge in [0.1, 0.15) is 0 Å². The molecule has 0 saturated heterocycles. The number of hydrogen-bond acceptors (Lipinski definition) is 1. The van der Waals surface area contributed by atoms with Crippen LogP contribution >= 0.6 is 15.9 Å². The maximum Gasteiger partial charge on any atom is 0.268 e. The lowest BCUT2D eigenvalue weighted by Crippen LogP contribution is -2.12. The van der Waals surface area contributed by atoms with Crippen LogP contribution in [0.5, 0.6) is 0 Å². The van der Waals surface area contributed by atoms with Gasteiger partial charge in [0, 0.05) is 11.4 Å². The van der Waals surface area contributed by atoms with E-state index in [-0.39, 0.29) is 10.9 Å². The van der Waals surface area contributed by atoms with E-state index in [4.69, 9.17) is 0 Å². The van der Waals surface area contributed by atoms with E-state index in [1.54, 1.807) is 4.98 Å². The lowest BCUT2D eigenvalue weighted by molar-refractivity contribution is 0.144. The Labute approximate surface area is 79.9 Å². The molecule has 13 heavy (non-hydrogen) atoms. The van der Waals surface area contributed by atoms with Crippen LogP contribution in [0.4, 0.5) is 13.2 Å². The molecular weight excluding hydrogens is 251 g/mol. The number of hydrogen-bond donors (Lipinski definition) is 1. The summed E-state index contributed by atoms with van der Waals surface area (Å²) in [7, 11) is 0. The van der Waals surface area contributed by atoms with Gasteiger partial charge in [-0.3, -0.25) is 9.78 Å². The van der Waals surface area contributed by atoms with Gasteiger partial charge in [0.2, 0.25) is 11.5 Å². The van der Waals surface area contributed by atoms with E-state index >= 15 is 0 Å². The van der Waals surface area contributed by atoms with Crippen LogP contribution < -0.4 is 5.56 Å². The smallest absolute Gasteiger partial charge is 0.268 e. The van der Waals surface area contributed by atoms with Gasteiger partial charge in [-0.15, -0.1) is 0 Å². The van der Waals surface area contributed by atoms with Crippen molar-refractivity contribution in [3.63, 3.8) is 0 Å². The van der Waals surface area contributed by atoms with Crippen molar-refractivity contribution < 1.29 is 13.2 Å². The van der Waals surface area contributed by atoms with Crippen molar-refractivity contribution in [3.8, 4) is 0 Å². The summed E-state index contributed by atoms with van der Waals surface area (Å²) in [5.74, 6) is -1.27. The molecule has 1 N–H and O–H groups in total. The highest BCUT2D eigenvalue weighted by atomic mass is 79.9. The summed E-state index contributed by atoms with van der Waals surface area (Å²) in [5.41, 5.74) is -1.51. The fraction of sp³-hybridized carbons (Fsp3) is 0.286. The van der Waals surface area contributed by atoms with Crippen molar-refractivity contribution in [2.24, 2.45) is 0 Å². The molecule has 0 aliphatic heterocycles. The Kier molecular flexibility index (Phi) is 3.13. The highest BCUT2D eigenvalue weighted by Crippen LogP contribution is 2.24. The normalized spacial score (nSPS) is 10.8. The molecule has 0 aliphatic rings. The summed E-state index contributed by atoms with van der Waals surface area (Å²) in [6.07, 6.45) is -2.93. The number of aromatic nitrogens is 1. The minimum absolute atomic E-state index is 0.0213. The average molecular weight is 256 g/mol. The first-order chi connectivity index (χ1) is 6.06. The van der Waals surface area contributed by atoms with Gasteiger partial charge < -0.3 is 0 Å². The molecule has 0 bridgehead atoms. The minimum Gasteiger partial charge on any atom is -0.298 e. The van der Waals surface area contributed by atoms with Crippen molar-refractivity contribution in [2.45, 2.75) is 11.8 Å². The predicted molar refractivity (Wildman–Crippen MR) is 44.6 cm³/mol. The van der Waals surface area contributed by atoms with E-state index in [2.05, 4.69) is 15.9 Å². The molecule has 1 aromatic rings. The maximum atomic E-state index is 12.8. The van der Waals surface area contributed by atoms with Crippen LogP contribution in [0.3, 0.4) is 0 Å². The van der Waals surface area contributed by atoms with Gasteiger partial charge >= 0.3 is 0 Å². The highest BCUT2D eigenvalue weighted by molar-refractivity contribution is 9.08. The van der Waals surface area contributed by atoms with Crippen molar-refractivity contribution in [2.75, 3.05) is 0 Å². The van der Waals surface area contributed by atoms with Crippen molar-refractivity contribution in [1.82, 2.24) is 4.98 Å². The van der Waals surface area contributed by atoms with Crippen molar-refractivity contribution in [3.05, 3.63) is 33.5 Å². The zero-order chi connectivity index (χ0) is 10.0. The largest absolute Gasteiger partial charge is 0.298 e. The summed E-state index contributed by atoms with van der Waals surface area (Å²) in [6, 6.07) is 0.944. The summed E-state index contributed by atoms with van der Waals surface area (Å²) >= 11 is 2.89. The zero-order valence-corrected chi connectivity index (χ0v) is 7.87. The predicted octanol–water partition coefficient (Wildman–Crippen LogP) is 2.35. The SMILES string of the molecule is O=c1cc(CBr)c(C(F)F)c(F)[nH]1. The topological polar surface area (TPSA) is 32.9 Å². The lowest BCUT2D eigenvalue weighted by atomic mass is 10.1. The first-order valence-electron chi connectivity index (χ1n) is 3.32. The van der Waals surface area contributed by atoms with Gasteiger partial charge in [0.15, 0.2) is 0 Å². The van der Waals surface area contributed by atoms with Gasteiger partial charge in [-0.05, 0) is 5.56 Å². The van der Waals surface area contributed by atoms with Crippen LogP contribution in [0.25, 0.3) is 0 Å². The average Bonchev–Trinajstić information content (AvgIpc) is 2.01. The number of nitrogens with one attached hydrogen (secondary N) is 1. The van der Waals surface area contributed by atoms with Crippen LogP contribution in [0.1, 0.15) is 17.6 Å². The van der Waals surface area contributed by atoms with Crippen LogP contribution in [0.2, 0.25) is 0 Å². The van der Waals surface area contributed by atoms with Gasteiger partial charge in [-0.2, -0.15) is 4.39 Å². The number of H-pyrrole nitrogens is 1. The second kappa shape index (κ2) is 3.95. The molecular formula is C7H5BrF3NO. The first kappa shape index (κ1) is 10.3. The highest BCUT2D eigenvalue weighted by Gasteiger charge is 2.18. The van der Waals surface area contributed by atoms with Crippen molar-refractivity contribution >= 4 is 15.9 Å². The Morgan fingerprint density at radius 2 is 2.15 bits per heavy atom. The van der Waals surface area contributed by atoms with Gasteiger partial charge in [0.25, 0.3) is 6.43 Å². The van der Waals surface area contributed by atoms with Crippen LogP contribution in [-0.2, 0) is 5.33 Å². The van der Waals surface area contributed by atoms with Gasteiger partial charge in [0.05, 0.1) is 5.56 Å². The maximum absolute atomic E-state index is 12.8. The minimum atomic E-state index is -2.93. The molecule has 6 heteroatoms. The molecule has 0 aromatic carbocycles. The number of rotatable bonds is 2. The Morgan fingerprint density at radius 3 is 2.62 bits per heavy atom. The van der Waals surface area contributed by atoms with Crippen LogP contribution in [0.15, 0.2) is 10.9 Å². The standard InChI is InChI=1S/C7H5BrF3NO/c8-2-3-1-4(13)12-7(11)5(3)6(9)10/h1,6H,2H2,(H,12,13). The van der Waals surface area contributed by atoms with E-state index in [0.29, 0.717) is 0 Å². The molecule has 0 atom stereocenters. The Bertz CT molecular complexity index is 363. The third-order valence-electron chi connectivity index (χ3n) is 1.48. The van der Waals surface area contributed by atoms with Crippen LogP contribution in [0, 0.1) is 5.95 Å². The van der Waals surface area contributed by atoms with Crippen molar-refractivity contribution in [1.29, 1.82) is 0 Å². The second-order valence-electron chi connectivity index (χ2n) is 2.32. The Hall–Kier alpha value is -0.780. The Balaban J connectivity index is 3.38. The molecule has 72 valence electrons. The number of halogens is 4. The molecule has 0 radical (unpaired) electrons. The fourth-order valence-corrected chi connectivity index (χ4v) is 1.40. The third kappa shape index (κ3) is 2.12. The summed E-state index contributed by atoms with van der Waals surface area (Å²) in [4.78, 5) is 12.4. The van der Waals surface area contributed by atoms with E-state index in [1.807, 2.05) is 0 Å². The summed E-state index contributed by atoms with van der Waals surface area (Å²) < 4.78 is 37.2. The Morgan fingerprint density at radius 1 is 1.54 bits per heavy atom. The molecule has 0 aliphatic carbocycles. The summed E-state index contributed by atoms with van der Waals surface area (Å²) in [6.45, 7) is 0. The number of pyridine rings is 1. The van der Waals surface area contributed by atoms with Gasteiger partial charge in [-0.1, -0.05) is 15.9 Å². The van der Waals surface area contributed by atoms with E-state index in [1.165, 1.54) is 0 Å². The molecule has 0 spiro atoms. The quantitative estimate of drug-likeness (QED) is 0.639. The number of alkyl halides is 3. The molecule has 0 amide bonds. The van der Waals surface area contributed by atoms with Gasteiger partial charge in [-0.25, -0.2) is 8.78 Å². The van der Waals surface area contributed by atoms with E-state index in [9.17, 15) is 18.0 Å². The van der Waals surface area contributed by atoms with E-state index < -0.39 is 23.5 Å². The fourth-order valence-electron chi connectivity index (χ4n) is 0.935. The summed E-state index contributed by atoms with van der Waals surface area (Å²) in [5, 5.41) is 0.0213. The zero-order valence-electron chi connectivity index (χ0n) is 6.28. The lowest BCUT2D eigenvalue weighted by Gasteiger charge is -2.05. The van der Waals surface area contributed by atoms with Crippen LogP contribution in [-0.4, -0.2) is 4.98 Å². The molecule has 0 unspecified atom stereocenters. The second-order valence-corrected chi connectivity index (χ2v) is 2.88. The molecule has 1 aromatic heterocycles. The molecule has 2 nitrogen and oxygen atoms in total. The molecule has 1 heterocycles. The molecule has 0 fully saturated rings. The third-order valence-corrected chi connectivity index (χ3v) is 2.09. The molecule has 0 saturated carbocycles.